The molecular formula is C32H44N2O6. The number of hydrogen-bond acceptors (Lipinski definition) is 5. The van der Waals surface area contributed by atoms with Crippen molar-refractivity contribution in [1.82, 2.24) is 10.2 Å². The molecule has 1 aliphatic heterocycles. The van der Waals surface area contributed by atoms with Gasteiger partial charge in [0.1, 0.15) is 17.4 Å². The summed E-state index contributed by atoms with van der Waals surface area (Å²) in [6.45, 7) is 7.79. The zero-order valence-electron chi connectivity index (χ0n) is 24.1. The van der Waals surface area contributed by atoms with Gasteiger partial charge in [-0.25, -0.2) is 9.59 Å². The molecule has 1 fully saturated rings. The molecule has 0 bridgehead atoms. The fourth-order valence-electron chi connectivity index (χ4n) is 4.78. The number of benzene rings is 2. The Labute approximate surface area is 238 Å². The van der Waals surface area contributed by atoms with Crippen LogP contribution < -0.4 is 10.1 Å². The zero-order chi connectivity index (χ0) is 29.0. The number of nitrogens with one attached hydrogen (secondary N) is 1. The molecule has 1 aliphatic rings. The summed E-state index contributed by atoms with van der Waals surface area (Å²) >= 11 is 0. The molecule has 0 saturated carbocycles. The quantitative estimate of drug-likeness (QED) is 0.312. The summed E-state index contributed by atoms with van der Waals surface area (Å²) in [5, 5.41) is 12.2. The number of carboxylic acids is 1. The van der Waals surface area contributed by atoms with Crippen LogP contribution in [0.5, 0.6) is 5.75 Å². The van der Waals surface area contributed by atoms with Crippen LogP contribution in [0.25, 0.3) is 0 Å². The van der Waals surface area contributed by atoms with Crippen LogP contribution in [0, 0.1) is 5.92 Å². The molecule has 1 atom stereocenters. The molecule has 218 valence electrons. The Morgan fingerprint density at radius 3 is 2.27 bits per heavy atom. The molecule has 8 heteroatoms. The highest BCUT2D eigenvalue weighted by Gasteiger charge is 2.26. The van der Waals surface area contributed by atoms with Crippen LogP contribution in [0.15, 0.2) is 54.6 Å². The van der Waals surface area contributed by atoms with E-state index in [1.807, 2.05) is 80.3 Å². The molecule has 40 heavy (non-hydrogen) atoms. The van der Waals surface area contributed by atoms with Gasteiger partial charge in [0.05, 0.1) is 6.61 Å². The molecule has 0 unspecified atom stereocenters. The number of piperidine rings is 1. The topological polar surface area (TPSA) is 105 Å². The standard InChI is InChI=1S/C32H44N2O6/c1-32(2,3)40-31(38)34-20-18-25(19-21-34)11-7-8-22-39-27-15-12-26(13-16-27)23-28(30(36)37)33-29(35)17-14-24-9-5-4-6-10-24/h4-6,9-10,12-13,15-16,25,28H,7-8,11,14,17-23H2,1-3H3,(H,33,35)(H,36,37)/t28-/m0/s1. The monoisotopic (exact) mass is 552 g/mol. The third-order valence-corrected chi connectivity index (χ3v) is 7.02. The highest BCUT2D eigenvalue weighted by molar-refractivity contribution is 5.83. The first-order valence-electron chi connectivity index (χ1n) is 14.3. The summed E-state index contributed by atoms with van der Waals surface area (Å²) in [5.41, 5.74) is 1.40. The van der Waals surface area contributed by atoms with Gasteiger partial charge in [-0.05, 0) is 82.1 Å². The first kappa shape index (κ1) is 31.0. The molecule has 1 saturated heterocycles. The Kier molecular flexibility index (Phi) is 11.8. The van der Waals surface area contributed by atoms with Crippen LogP contribution in [-0.2, 0) is 27.2 Å². The van der Waals surface area contributed by atoms with Crippen LogP contribution >= 0.6 is 0 Å². The molecule has 0 aliphatic carbocycles. The van der Waals surface area contributed by atoms with E-state index in [2.05, 4.69) is 5.32 Å². The van der Waals surface area contributed by atoms with Crippen molar-refractivity contribution < 1.29 is 29.0 Å². The predicted octanol–water partition coefficient (Wildman–Crippen LogP) is 5.63. The third kappa shape index (κ3) is 11.3. The summed E-state index contributed by atoms with van der Waals surface area (Å²) in [6.07, 6.45) is 5.96. The average molecular weight is 553 g/mol. The second-order valence-electron chi connectivity index (χ2n) is 11.5. The van der Waals surface area contributed by atoms with Gasteiger partial charge < -0.3 is 24.8 Å². The molecule has 2 aromatic carbocycles. The van der Waals surface area contributed by atoms with Gasteiger partial charge in [0.2, 0.25) is 5.91 Å². The third-order valence-electron chi connectivity index (χ3n) is 7.02. The van der Waals surface area contributed by atoms with E-state index in [9.17, 15) is 19.5 Å². The number of aryl methyl sites for hydroxylation is 1. The number of amides is 2. The molecule has 2 aromatic rings. The summed E-state index contributed by atoms with van der Waals surface area (Å²) < 4.78 is 11.4. The summed E-state index contributed by atoms with van der Waals surface area (Å²) in [4.78, 5) is 38.1. The van der Waals surface area contributed by atoms with Crippen molar-refractivity contribution in [2.45, 2.75) is 83.8 Å². The highest BCUT2D eigenvalue weighted by atomic mass is 16.6. The average Bonchev–Trinajstić information content (AvgIpc) is 2.92. The maximum atomic E-state index is 12.3. The SMILES string of the molecule is CC(C)(C)OC(=O)N1CCC(CCCCOc2ccc(C[C@H](NC(=O)CCc3ccccc3)C(=O)O)cc2)CC1. The normalized spacial score (nSPS) is 14.8. The Morgan fingerprint density at radius 1 is 0.975 bits per heavy atom. The van der Waals surface area contributed by atoms with Gasteiger partial charge in [0.15, 0.2) is 0 Å². The molecule has 3 rings (SSSR count). The number of hydrogen-bond donors (Lipinski definition) is 2. The highest BCUT2D eigenvalue weighted by Crippen LogP contribution is 2.24. The van der Waals surface area contributed by atoms with Crippen molar-refractivity contribution >= 4 is 18.0 Å². The smallest absolute Gasteiger partial charge is 0.410 e. The van der Waals surface area contributed by atoms with E-state index < -0.39 is 17.6 Å². The number of carbonyl (C=O) groups is 3. The number of rotatable bonds is 13. The van der Waals surface area contributed by atoms with Crippen molar-refractivity contribution in [2.24, 2.45) is 5.92 Å². The van der Waals surface area contributed by atoms with Crippen LogP contribution in [0.1, 0.15) is 70.4 Å². The predicted molar refractivity (Wildman–Crippen MR) is 154 cm³/mol. The van der Waals surface area contributed by atoms with Gasteiger partial charge in [0, 0.05) is 25.9 Å². The van der Waals surface area contributed by atoms with Gasteiger partial charge in [-0.1, -0.05) is 48.9 Å². The van der Waals surface area contributed by atoms with Crippen LogP contribution in [0.3, 0.4) is 0 Å². The minimum atomic E-state index is -1.05. The second kappa shape index (κ2) is 15.3. The Bertz CT molecular complexity index is 1070. The molecule has 0 radical (unpaired) electrons. The molecule has 0 aromatic heterocycles. The Balaban J connectivity index is 1.31. The lowest BCUT2D eigenvalue weighted by Gasteiger charge is -2.33. The van der Waals surface area contributed by atoms with E-state index in [1.54, 1.807) is 0 Å². The molecule has 0 spiro atoms. The van der Waals surface area contributed by atoms with Gasteiger partial charge in [-0.15, -0.1) is 0 Å². The maximum Gasteiger partial charge on any atom is 0.410 e. The summed E-state index contributed by atoms with van der Waals surface area (Å²) in [5.74, 6) is 0.0425. The fourth-order valence-corrected chi connectivity index (χ4v) is 4.78. The molecule has 8 nitrogen and oxygen atoms in total. The zero-order valence-corrected chi connectivity index (χ0v) is 24.1. The van der Waals surface area contributed by atoms with E-state index in [0.29, 0.717) is 18.9 Å². The van der Waals surface area contributed by atoms with Crippen molar-refractivity contribution in [1.29, 1.82) is 0 Å². The van der Waals surface area contributed by atoms with Crippen LogP contribution in [0.2, 0.25) is 0 Å². The first-order valence-corrected chi connectivity index (χ1v) is 14.3. The number of carbonyl (C=O) groups excluding carboxylic acids is 2. The van der Waals surface area contributed by atoms with Gasteiger partial charge in [0.25, 0.3) is 0 Å². The fraction of sp³-hybridized carbons (Fsp3) is 0.531. The Morgan fingerprint density at radius 2 is 1.65 bits per heavy atom. The van der Waals surface area contributed by atoms with Gasteiger partial charge >= 0.3 is 12.1 Å². The lowest BCUT2D eigenvalue weighted by atomic mass is 9.92. The van der Waals surface area contributed by atoms with E-state index in [4.69, 9.17) is 9.47 Å². The number of aliphatic carboxylic acids is 1. The summed E-state index contributed by atoms with van der Waals surface area (Å²) in [6, 6.07) is 16.1. The second-order valence-corrected chi connectivity index (χ2v) is 11.5. The molecule has 1 heterocycles. The summed E-state index contributed by atoms with van der Waals surface area (Å²) in [7, 11) is 0. The largest absolute Gasteiger partial charge is 0.494 e. The minimum Gasteiger partial charge on any atom is -0.494 e. The van der Waals surface area contributed by atoms with Gasteiger partial charge in [-0.3, -0.25) is 4.79 Å². The molecule has 2 N–H and O–H groups in total. The van der Waals surface area contributed by atoms with Crippen LogP contribution in [-0.4, -0.2) is 59.3 Å². The lowest BCUT2D eigenvalue weighted by Crippen LogP contribution is -2.42. The van der Waals surface area contributed by atoms with E-state index in [-0.39, 0.29) is 24.8 Å². The minimum absolute atomic E-state index is 0.208. The van der Waals surface area contributed by atoms with E-state index >= 15 is 0 Å². The number of likely N-dealkylation sites (tertiary alicyclic amines) is 1. The van der Waals surface area contributed by atoms with Crippen molar-refractivity contribution in [3.63, 3.8) is 0 Å². The Hall–Kier alpha value is -3.55. The van der Waals surface area contributed by atoms with Crippen molar-refractivity contribution in [3.05, 3.63) is 65.7 Å². The molecule has 2 amide bonds. The first-order chi connectivity index (χ1) is 19.1. The number of nitrogens with zero attached hydrogens (tertiary/aromatic N) is 1. The van der Waals surface area contributed by atoms with E-state index in [1.165, 1.54) is 0 Å². The van der Waals surface area contributed by atoms with Gasteiger partial charge in [-0.2, -0.15) is 0 Å². The number of unbranched alkanes of at least 4 members (excludes halogenated alkanes) is 1. The molecular weight excluding hydrogens is 508 g/mol. The van der Waals surface area contributed by atoms with Crippen molar-refractivity contribution in [2.75, 3.05) is 19.7 Å². The number of carboxylic acid groups (broad SMARTS) is 1. The van der Waals surface area contributed by atoms with Crippen molar-refractivity contribution in [3.8, 4) is 5.75 Å². The van der Waals surface area contributed by atoms with Crippen LogP contribution in [0.4, 0.5) is 4.79 Å². The number of ether oxygens (including phenoxy) is 2. The van der Waals surface area contributed by atoms with E-state index in [0.717, 1.165) is 62.1 Å². The lowest BCUT2D eigenvalue weighted by molar-refractivity contribution is -0.141. The maximum absolute atomic E-state index is 12.3.